The predicted octanol–water partition coefficient (Wildman–Crippen LogP) is 0.704. The predicted molar refractivity (Wildman–Crippen MR) is 86.8 cm³/mol. The van der Waals surface area contributed by atoms with E-state index in [2.05, 4.69) is 0 Å². The van der Waals surface area contributed by atoms with Crippen LogP contribution >= 0.6 is 0 Å². The summed E-state index contributed by atoms with van der Waals surface area (Å²) >= 11 is 0. The van der Waals surface area contributed by atoms with E-state index >= 15 is 0 Å². The number of rotatable bonds is 4. The Morgan fingerprint density at radius 3 is 2.83 bits per heavy atom. The number of pyridine rings is 1. The number of aliphatic carboxylic acids is 1. The third-order valence-electron chi connectivity index (χ3n) is 4.15. The van der Waals surface area contributed by atoms with Crippen LogP contribution in [-0.2, 0) is 20.9 Å². The van der Waals surface area contributed by atoms with E-state index < -0.39 is 12.0 Å². The zero-order valence-electron chi connectivity index (χ0n) is 13.1. The first-order valence-electron chi connectivity index (χ1n) is 7.73. The number of carbonyl (C=O) groups is 2. The zero-order valence-corrected chi connectivity index (χ0v) is 13.1. The SMILES string of the molecule is O=C(O)CC1COCCN1C(=O)Cn1ccc(=O)c2ccccc21. The summed E-state index contributed by atoms with van der Waals surface area (Å²) in [6.07, 6.45) is 1.45. The number of benzene rings is 1. The molecular formula is C17H18N2O5. The number of carbonyl (C=O) groups excluding carboxylic acids is 1. The molecule has 0 saturated carbocycles. The summed E-state index contributed by atoms with van der Waals surface area (Å²) in [7, 11) is 0. The lowest BCUT2D eigenvalue weighted by Gasteiger charge is -2.35. The van der Waals surface area contributed by atoms with E-state index in [1.807, 2.05) is 6.07 Å². The van der Waals surface area contributed by atoms with Gasteiger partial charge in [-0.2, -0.15) is 0 Å². The highest BCUT2D eigenvalue weighted by molar-refractivity contribution is 5.82. The van der Waals surface area contributed by atoms with Gasteiger partial charge in [-0.05, 0) is 12.1 Å². The lowest BCUT2D eigenvalue weighted by molar-refractivity contribution is -0.146. The molecule has 1 unspecified atom stereocenters. The zero-order chi connectivity index (χ0) is 17.1. The smallest absolute Gasteiger partial charge is 0.305 e. The number of amides is 1. The van der Waals surface area contributed by atoms with Crippen LogP contribution in [0.25, 0.3) is 10.9 Å². The van der Waals surface area contributed by atoms with Crippen LogP contribution in [0.5, 0.6) is 0 Å². The van der Waals surface area contributed by atoms with Gasteiger partial charge in [0.15, 0.2) is 5.43 Å². The largest absolute Gasteiger partial charge is 0.481 e. The van der Waals surface area contributed by atoms with E-state index in [0.717, 1.165) is 0 Å². The van der Waals surface area contributed by atoms with Crippen LogP contribution in [0.2, 0.25) is 0 Å². The van der Waals surface area contributed by atoms with Gasteiger partial charge in [0.25, 0.3) is 0 Å². The molecular weight excluding hydrogens is 312 g/mol. The molecule has 1 atom stereocenters. The van der Waals surface area contributed by atoms with Gasteiger partial charge in [0.2, 0.25) is 5.91 Å². The molecule has 0 radical (unpaired) electrons. The molecule has 1 aromatic carbocycles. The number of morpholine rings is 1. The van der Waals surface area contributed by atoms with Gasteiger partial charge in [-0.25, -0.2) is 0 Å². The first-order valence-corrected chi connectivity index (χ1v) is 7.73. The van der Waals surface area contributed by atoms with Gasteiger partial charge >= 0.3 is 5.97 Å². The molecule has 2 heterocycles. The topological polar surface area (TPSA) is 88.8 Å². The monoisotopic (exact) mass is 330 g/mol. The molecule has 0 spiro atoms. The second kappa shape index (κ2) is 6.84. The van der Waals surface area contributed by atoms with Crippen molar-refractivity contribution in [3.05, 3.63) is 46.8 Å². The molecule has 1 N–H and O–H groups in total. The number of para-hydroxylation sites is 1. The summed E-state index contributed by atoms with van der Waals surface area (Å²) in [6, 6.07) is 8.07. The highest BCUT2D eigenvalue weighted by atomic mass is 16.5. The minimum atomic E-state index is -0.961. The lowest BCUT2D eigenvalue weighted by Crippen LogP contribution is -2.50. The first-order chi connectivity index (χ1) is 11.6. The number of hydrogen-bond acceptors (Lipinski definition) is 4. The third kappa shape index (κ3) is 3.30. The van der Waals surface area contributed by atoms with Crippen LogP contribution in [0.15, 0.2) is 41.3 Å². The van der Waals surface area contributed by atoms with Crippen LogP contribution in [0.1, 0.15) is 6.42 Å². The van der Waals surface area contributed by atoms with Crippen molar-refractivity contribution in [2.45, 2.75) is 19.0 Å². The minimum absolute atomic E-state index is 0.0525. The quantitative estimate of drug-likeness (QED) is 0.891. The van der Waals surface area contributed by atoms with E-state index in [9.17, 15) is 14.4 Å². The van der Waals surface area contributed by atoms with E-state index in [-0.39, 0.29) is 30.9 Å². The van der Waals surface area contributed by atoms with Crippen molar-refractivity contribution in [1.29, 1.82) is 0 Å². The molecule has 0 bridgehead atoms. The molecule has 1 aliphatic heterocycles. The average Bonchev–Trinajstić information content (AvgIpc) is 2.57. The van der Waals surface area contributed by atoms with Crippen molar-refractivity contribution in [2.75, 3.05) is 19.8 Å². The summed E-state index contributed by atoms with van der Waals surface area (Å²) < 4.78 is 7.01. The molecule has 7 nitrogen and oxygen atoms in total. The summed E-state index contributed by atoms with van der Waals surface area (Å²) in [5.74, 6) is -1.14. The second-order valence-corrected chi connectivity index (χ2v) is 5.74. The van der Waals surface area contributed by atoms with Crippen LogP contribution in [0, 0.1) is 0 Å². The number of fused-ring (bicyclic) bond motifs is 1. The van der Waals surface area contributed by atoms with Crippen LogP contribution < -0.4 is 5.43 Å². The van der Waals surface area contributed by atoms with Gasteiger partial charge in [0.1, 0.15) is 6.54 Å². The maximum absolute atomic E-state index is 12.7. The van der Waals surface area contributed by atoms with Crippen LogP contribution in [0.3, 0.4) is 0 Å². The molecule has 3 rings (SSSR count). The molecule has 126 valence electrons. The van der Waals surface area contributed by atoms with Gasteiger partial charge < -0.3 is 19.3 Å². The molecule has 24 heavy (non-hydrogen) atoms. The Labute approximate surface area is 138 Å². The Kier molecular flexibility index (Phi) is 4.61. The van der Waals surface area contributed by atoms with E-state index in [1.54, 1.807) is 33.9 Å². The van der Waals surface area contributed by atoms with Crippen LogP contribution in [0.4, 0.5) is 0 Å². The first kappa shape index (κ1) is 16.2. The Hall–Kier alpha value is -2.67. The van der Waals surface area contributed by atoms with Gasteiger partial charge in [-0.1, -0.05) is 12.1 Å². The molecule has 1 aliphatic rings. The highest BCUT2D eigenvalue weighted by Crippen LogP contribution is 2.14. The summed E-state index contributed by atoms with van der Waals surface area (Å²) in [6.45, 7) is 1.04. The fraction of sp³-hybridized carbons (Fsp3) is 0.353. The van der Waals surface area contributed by atoms with Crippen molar-refractivity contribution < 1.29 is 19.4 Å². The maximum atomic E-state index is 12.7. The number of ether oxygens (including phenoxy) is 1. The summed E-state index contributed by atoms with van der Waals surface area (Å²) in [5.41, 5.74) is 0.589. The Morgan fingerprint density at radius 1 is 1.25 bits per heavy atom. The van der Waals surface area contributed by atoms with Crippen molar-refractivity contribution in [2.24, 2.45) is 0 Å². The Morgan fingerprint density at radius 2 is 2.04 bits per heavy atom. The summed E-state index contributed by atoms with van der Waals surface area (Å²) in [4.78, 5) is 37.1. The standard InChI is InChI=1S/C17H18N2O5/c20-15-5-6-18(14-4-2-1-3-13(14)15)10-16(21)19-7-8-24-11-12(19)9-17(22)23/h1-6,12H,7-11H2,(H,22,23). The molecule has 0 aliphatic carbocycles. The number of aromatic nitrogens is 1. The van der Waals surface area contributed by atoms with E-state index in [4.69, 9.17) is 9.84 Å². The number of carboxylic acids is 1. The van der Waals surface area contributed by atoms with Gasteiger partial charge in [-0.15, -0.1) is 0 Å². The molecule has 2 aromatic rings. The van der Waals surface area contributed by atoms with Gasteiger partial charge in [-0.3, -0.25) is 14.4 Å². The molecule has 1 aromatic heterocycles. The number of nitrogens with zero attached hydrogens (tertiary/aromatic N) is 2. The third-order valence-corrected chi connectivity index (χ3v) is 4.15. The minimum Gasteiger partial charge on any atom is -0.481 e. The van der Waals surface area contributed by atoms with Crippen molar-refractivity contribution in [3.8, 4) is 0 Å². The Bertz CT molecular complexity index is 829. The summed E-state index contributed by atoms with van der Waals surface area (Å²) in [5, 5.41) is 9.55. The fourth-order valence-electron chi connectivity index (χ4n) is 2.99. The average molecular weight is 330 g/mol. The van der Waals surface area contributed by atoms with Crippen molar-refractivity contribution >= 4 is 22.8 Å². The number of hydrogen-bond donors (Lipinski definition) is 1. The van der Waals surface area contributed by atoms with Crippen molar-refractivity contribution in [1.82, 2.24) is 9.47 Å². The van der Waals surface area contributed by atoms with E-state index in [0.29, 0.717) is 24.1 Å². The van der Waals surface area contributed by atoms with E-state index in [1.165, 1.54) is 6.07 Å². The van der Waals surface area contributed by atoms with Crippen molar-refractivity contribution in [3.63, 3.8) is 0 Å². The normalized spacial score (nSPS) is 17.8. The Balaban J connectivity index is 1.85. The second-order valence-electron chi connectivity index (χ2n) is 5.74. The lowest BCUT2D eigenvalue weighted by atomic mass is 10.1. The fourth-order valence-corrected chi connectivity index (χ4v) is 2.99. The maximum Gasteiger partial charge on any atom is 0.305 e. The molecule has 1 fully saturated rings. The molecule has 1 amide bonds. The van der Waals surface area contributed by atoms with Crippen LogP contribution in [-0.4, -0.2) is 52.3 Å². The van der Waals surface area contributed by atoms with Gasteiger partial charge in [0, 0.05) is 24.2 Å². The molecule has 7 heteroatoms. The highest BCUT2D eigenvalue weighted by Gasteiger charge is 2.29. The molecule has 1 saturated heterocycles. The van der Waals surface area contributed by atoms with Gasteiger partial charge in [0.05, 0.1) is 31.2 Å². The number of carboxylic acid groups (broad SMARTS) is 1.